The van der Waals surface area contributed by atoms with Gasteiger partial charge in [-0.05, 0) is 30.5 Å². The van der Waals surface area contributed by atoms with Gasteiger partial charge in [0.2, 0.25) is 0 Å². The Morgan fingerprint density at radius 3 is 2.21 bits per heavy atom. The number of nitrogens with one attached hydrogen (secondary N) is 1. The van der Waals surface area contributed by atoms with Crippen molar-refractivity contribution in [3.63, 3.8) is 0 Å². The number of ether oxygens (including phenoxy) is 2. The van der Waals surface area contributed by atoms with Crippen molar-refractivity contribution in [1.82, 2.24) is 5.32 Å². The van der Waals surface area contributed by atoms with Gasteiger partial charge in [-0.15, -0.1) is 0 Å². The summed E-state index contributed by atoms with van der Waals surface area (Å²) in [6, 6.07) is 4.09. The molecule has 0 aromatic heterocycles. The largest absolute Gasteiger partial charge is 0.486 e. The molecule has 2 atom stereocenters. The van der Waals surface area contributed by atoms with Crippen LogP contribution in [-0.2, 0) is 0 Å². The van der Waals surface area contributed by atoms with Gasteiger partial charge < -0.3 is 14.8 Å². The lowest BCUT2D eigenvalue weighted by molar-refractivity contribution is 0.171. The van der Waals surface area contributed by atoms with E-state index in [0.717, 1.165) is 22.1 Å². The third-order valence-electron chi connectivity index (χ3n) is 3.88. The molecule has 1 aliphatic heterocycles. The molecule has 0 bridgehead atoms. The van der Waals surface area contributed by atoms with Crippen molar-refractivity contribution < 1.29 is 9.47 Å². The summed E-state index contributed by atoms with van der Waals surface area (Å²) in [5.41, 5.74) is 1.08. The Balaban J connectivity index is 2.37. The molecule has 0 amide bonds. The Labute approximate surface area is 120 Å². The molecule has 19 heavy (non-hydrogen) atoms. The Hall–Kier alpha value is -0.930. The first-order chi connectivity index (χ1) is 9.04. The van der Waals surface area contributed by atoms with Crippen molar-refractivity contribution in [3.8, 4) is 11.5 Å². The Kier molecular flexibility index (Phi) is 4.58. The standard InChI is InChI=1S/C15H22ClNO2/c1-9(2)10(3)15(17-4)11-7-13-14(8-12(11)16)19-6-5-18-13/h7-10,15,17H,5-6H2,1-4H3. The minimum atomic E-state index is 0.211. The van der Waals surface area contributed by atoms with E-state index >= 15 is 0 Å². The topological polar surface area (TPSA) is 30.5 Å². The molecule has 2 unspecified atom stereocenters. The number of benzene rings is 1. The summed E-state index contributed by atoms with van der Waals surface area (Å²) in [4.78, 5) is 0. The molecule has 2 rings (SSSR count). The van der Waals surface area contributed by atoms with Gasteiger partial charge in [0.1, 0.15) is 13.2 Å². The SMILES string of the molecule is CNC(c1cc2c(cc1Cl)OCCO2)C(C)C(C)C. The molecule has 1 N–H and O–H groups in total. The number of halogens is 1. The summed E-state index contributed by atoms with van der Waals surface area (Å²) >= 11 is 6.41. The minimum absolute atomic E-state index is 0.211. The van der Waals surface area contributed by atoms with Crippen LogP contribution in [0.25, 0.3) is 0 Å². The van der Waals surface area contributed by atoms with E-state index < -0.39 is 0 Å². The maximum atomic E-state index is 6.41. The van der Waals surface area contributed by atoms with Crippen molar-refractivity contribution in [2.75, 3.05) is 20.3 Å². The van der Waals surface area contributed by atoms with Gasteiger partial charge in [-0.2, -0.15) is 0 Å². The highest BCUT2D eigenvalue weighted by atomic mass is 35.5. The molecule has 1 aromatic carbocycles. The maximum Gasteiger partial charge on any atom is 0.162 e. The van der Waals surface area contributed by atoms with Gasteiger partial charge in [-0.1, -0.05) is 32.4 Å². The van der Waals surface area contributed by atoms with E-state index in [1.807, 2.05) is 19.2 Å². The molecule has 0 fully saturated rings. The molecule has 1 heterocycles. The molecule has 4 heteroatoms. The Morgan fingerprint density at radius 1 is 1.11 bits per heavy atom. The van der Waals surface area contributed by atoms with Crippen LogP contribution in [0.5, 0.6) is 11.5 Å². The molecule has 1 aromatic rings. The van der Waals surface area contributed by atoms with E-state index in [1.165, 1.54) is 0 Å². The second-order valence-electron chi connectivity index (χ2n) is 5.39. The lowest BCUT2D eigenvalue weighted by Crippen LogP contribution is -2.27. The normalized spacial score (nSPS) is 17.4. The van der Waals surface area contributed by atoms with Crippen LogP contribution in [0.15, 0.2) is 12.1 Å². The quantitative estimate of drug-likeness (QED) is 0.915. The molecule has 1 aliphatic rings. The summed E-state index contributed by atoms with van der Waals surface area (Å²) in [7, 11) is 1.97. The van der Waals surface area contributed by atoms with Gasteiger partial charge in [0.15, 0.2) is 11.5 Å². The summed E-state index contributed by atoms with van der Waals surface area (Å²) in [5.74, 6) is 2.58. The fraction of sp³-hybridized carbons (Fsp3) is 0.600. The smallest absolute Gasteiger partial charge is 0.162 e. The molecule has 0 aliphatic carbocycles. The third-order valence-corrected chi connectivity index (χ3v) is 4.21. The van der Waals surface area contributed by atoms with Gasteiger partial charge in [-0.25, -0.2) is 0 Å². The van der Waals surface area contributed by atoms with Crippen molar-refractivity contribution in [3.05, 3.63) is 22.7 Å². The van der Waals surface area contributed by atoms with Crippen LogP contribution in [0.2, 0.25) is 5.02 Å². The van der Waals surface area contributed by atoms with Crippen LogP contribution >= 0.6 is 11.6 Å². The highest BCUT2D eigenvalue weighted by Gasteiger charge is 2.25. The monoisotopic (exact) mass is 283 g/mol. The molecular formula is C15H22ClNO2. The fourth-order valence-electron chi connectivity index (χ4n) is 2.40. The van der Waals surface area contributed by atoms with Crippen molar-refractivity contribution in [1.29, 1.82) is 0 Å². The van der Waals surface area contributed by atoms with Crippen molar-refractivity contribution in [2.24, 2.45) is 11.8 Å². The zero-order valence-electron chi connectivity index (χ0n) is 12.0. The average molecular weight is 284 g/mol. The molecule has 106 valence electrons. The lowest BCUT2D eigenvalue weighted by Gasteiger charge is -2.29. The molecule has 0 saturated carbocycles. The summed E-state index contributed by atoms with van der Waals surface area (Å²) in [5, 5.41) is 4.10. The van der Waals surface area contributed by atoms with E-state index in [9.17, 15) is 0 Å². The van der Waals surface area contributed by atoms with Gasteiger partial charge in [0.25, 0.3) is 0 Å². The summed E-state index contributed by atoms with van der Waals surface area (Å²) < 4.78 is 11.2. The zero-order chi connectivity index (χ0) is 14.0. The predicted octanol–water partition coefficient (Wildman–Crippen LogP) is 3.66. The van der Waals surface area contributed by atoms with E-state index in [1.54, 1.807) is 0 Å². The predicted molar refractivity (Wildman–Crippen MR) is 78.2 cm³/mol. The maximum absolute atomic E-state index is 6.41. The highest BCUT2D eigenvalue weighted by Crippen LogP contribution is 2.40. The molecule has 0 saturated heterocycles. The van der Waals surface area contributed by atoms with Gasteiger partial charge in [0, 0.05) is 17.1 Å². The lowest BCUT2D eigenvalue weighted by atomic mass is 9.86. The first-order valence-corrected chi connectivity index (χ1v) is 7.18. The van der Waals surface area contributed by atoms with Crippen LogP contribution in [0.3, 0.4) is 0 Å². The molecule has 0 radical (unpaired) electrons. The summed E-state index contributed by atoms with van der Waals surface area (Å²) in [6.45, 7) is 7.86. The van der Waals surface area contributed by atoms with Crippen LogP contribution < -0.4 is 14.8 Å². The molecule has 0 spiro atoms. The average Bonchev–Trinajstić information content (AvgIpc) is 2.39. The minimum Gasteiger partial charge on any atom is -0.486 e. The first kappa shape index (κ1) is 14.5. The number of fused-ring (bicyclic) bond motifs is 1. The zero-order valence-corrected chi connectivity index (χ0v) is 12.8. The highest BCUT2D eigenvalue weighted by molar-refractivity contribution is 6.31. The second-order valence-corrected chi connectivity index (χ2v) is 5.79. The Morgan fingerprint density at radius 2 is 1.68 bits per heavy atom. The van der Waals surface area contributed by atoms with E-state index in [4.69, 9.17) is 21.1 Å². The van der Waals surface area contributed by atoms with Gasteiger partial charge in [-0.3, -0.25) is 0 Å². The van der Waals surface area contributed by atoms with E-state index in [-0.39, 0.29) is 6.04 Å². The van der Waals surface area contributed by atoms with Crippen LogP contribution in [-0.4, -0.2) is 20.3 Å². The summed E-state index contributed by atoms with van der Waals surface area (Å²) in [6.07, 6.45) is 0. The third kappa shape index (κ3) is 2.98. The van der Waals surface area contributed by atoms with E-state index in [2.05, 4.69) is 26.1 Å². The number of rotatable bonds is 4. The van der Waals surface area contributed by atoms with Crippen molar-refractivity contribution in [2.45, 2.75) is 26.8 Å². The van der Waals surface area contributed by atoms with Gasteiger partial charge in [0.05, 0.1) is 0 Å². The molecular weight excluding hydrogens is 262 g/mol. The van der Waals surface area contributed by atoms with Crippen LogP contribution in [0.4, 0.5) is 0 Å². The van der Waals surface area contributed by atoms with Crippen LogP contribution in [0, 0.1) is 11.8 Å². The van der Waals surface area contributed by atoms with Crippen LogP contribution in [0.1, 0.15) is 32.4 Å². The van der Waals surface area contributed by atoms with Gasteiger partial charge >= 0.3 is 0 Å². The van der Waals surface area contributed by atoms with Crippen molar-refractivity contribution >= 4 is 11.6 Å². The number of hydrogen-bond acceptors (Lipinski definition) is 3. The number of hydrogen-bond donors (Lipinski definition) is 1. The molecule has 3 nitrogen and oxygen atoms in total. The second kappa shape index (κ2) is 6.02. The first-order valence-electron chi connectivity index (χ1n) is 6.81. The van der Waals surface area contributed by atoms with E-state index in [0.29, 0.717) is 25.0 Å². The Bertz CT molecular complexity index is 448. The fourth-order valence-corrected chi connectivity index (χ4v) is 2.68.